The van der Waals surface area contributed by atoms with Gasteiger partial charge in [0.15, 0.2) is 0 Å². The molecule has 0 aliphatic carbocycles. The number of nitriles is 1. The van der Waals surface area contributed by atoms with Crippen LogP contribution >= 0.6 is 11.3 Å². The van der Waals surface area contributed by atoms with Gasteiger partial charge in [0.2, 0.25) is 0 Å². The molecular formula is C14H20N2O2S. The summed E-state index contributed by atoms with van der Waals surface area (Å²) in [6.45, 7) is 8.27. The Morgan fingerprint density at radius 3 is 2.58 bits per heavy atom. The first kappa shape index (κ1) is 15.5. The first-order valence-corrected chi connectivity index (χ1v) is 7.02. The number of thiophene rings is 1. The smallest absolute Gasteiger partial charge is 0.308 e. The summed E-state index contributed by atoms with van der Waals surface area (Å²) >= 11 is 1.50. The molecule has 0 radical (unpaired) electrons. The van der Waals surface area contributed by atoms with Gasteiger partial charge in [-0.2, -0.15) is 5.26 Å². The molecule has 0 spiro atoms. The molecule has 1 N–H and O–H groups in total. The highest BCUT2D eigenvalue weighted by Crippen LogP contribution is 2.37. The van der Waals surface area contributed by atoms with Crippen LogP contribution in [-0.2, 0) is 10.2 Å². The maximum absolute atomic E-state index is 10.9. The monoisotopic (exact) mass is 280 g/mol. The molecule has 0 amide bonds. The zero-order chi connectivity index (χ0) is 14.8. The lowest BCUT2D eigenvalue weighted by Crippen LogP contribution is -2.28. The minimum atomic E-state index is -0.821. The minimum Gasteiger partial charge on any atom is -0.481 e. The first-order chi connectivity index (χ1) is 8.68. The quantitative estimate of drug-likeness (QED) is 0.920. The number of rotatable bonds is 4. The fraction of sp³-hybridized carbons (Fsp3) is 0.571. The van der Waals surface area contributed by atoms with Crippen molar-refractivity contribution in [3.05, 3.63) is 16.5 Å². The molecule has 1 unspecified atom stereocenters. The molecule has 0 fully saturated rings. The van der Waals surface area contributed by atoms with E-state index >= 15 is 0 Å². The van der Waals surface area contributed by atoms with Crippen LogP contribution in [0.15, 0.2) is 5.38 Å². The Balaban J connectivity index is 3.06. The van der Waals surface area contributed by atoms with E-state index in [9.17, 15) is 10.1 Å². The van der Waals surface area contributed by atoms with E-state index in [-0.39, 0.29) is 5.41 Å². The fourth-order valence-electron chi connectivity index (χ4n) is 1.86. The molecule has 0 bridgehead atoms. The highest BCUT2D eigenvalue weighted by molar-refractivity contribution is 7.14. The van der Waals surface area contributed by atoms with Crippen LogP contribution in [0.4, 0.5) is 5.00 Å². The summed E-state index contributed by atoms with van der Waals surface area (Å²) in [4.78, 5) is 12.8. The van der Waals surface area contributed by atoms with E-state index in [0.717, 1.165) is 10.6 Å². The van der Waals surface area contributed by atoms with Crippen LogP contribution in [0.3, 0.4) is 0 Å². The maximum atomic E-state index is 10.9. The van der Waals surface area contributed by atoms with Crippen LogP contribution < -0.4 is 4.90 Å². The molecule has 1 aromatic heterocycles. The number of hydrogen-bond acceptors (Lipinski definition) is 4. The second kappa shape index (κ2) is 5.62. The Hall–Kier alpha value is -1.54. The van der Waals surface area contributed by atoms with Crippen LogP contribution in [0.25, 0.3) is 0 Å². The van der Waals surface area contributed by atoms with Gasteiger partial charge in [0.25, 0.3) is 0 Å². The average molecular weight is 280 g/mol. The number of aliphatic carboxylic acids is 1. The van der Waals surface area contributed by atoms with Crippen molar-refractivity contribution >= 4 is 22.3 Å². The highest BCUT2D eigenvalue weighted by Gasteiger charge is 2.25. The molecule has 0 saturated heterocycles. The summed E-state index contributed by atoms with van der Waals surface area (Å²) in [5, 5.41) is 21.2. The summed E-state index contributed by atoms with van der Waals surface area (Å²) in [6.07, 6.45) is 0. The second-order valence-electron chi connectivity index (χ2n) is 5.81. The lowest BCUT2D eigenvalue weighted by Gasteiger charge is -2.22. The third kappa shape index (κ3) is 3.48. The molecule has 4 nitrogen and oxygen atoms in total. The predicted molar refractivity (Wildman–Crippen MR) is 77.8 cm³/mol. The average Bonchev–Trinajstić information content (AvgIpc) is 2.71. The SMILES string of the molecule is CC(CN(C)c1scc(C(C)(C)C)c1C#N)C(=O)O. The number of nitrogens with zero attached hydrogens (tertiary/aromatic N) is 2. The van der Waals surface area contributed by atoms with Crippen molar-refractivity contribution in [1.29, 1.82) is 5.26 Å². The van der Waals surface area contributed by atoms with Gasteiger partial charge >= 0.3 is 5.97 Å². The Bertz CT molecular complexity index is 508. The van der Waals surface area contributed by atoms with E-state index in [4.69, 9.17) is 5.11 Å². The van der Waals surface area contributed by atoms with Gasteiger partial charge in [0.05, 0.1) is 11.5 Å². The number of hydrogen-bond donors (Lipinski definition) is 1. The van der Waals surface area contributed by atoms with E-state index in [2.05, 4.69) is 26.8 Å². The zero-order valence-corrected chi connectivity index (χ0v) is 12.8. The van der Waals surface area contributed by atoms with E-state index in [1.807, 2.05) is 17.3 Å². The summed E-state index contributed by atoms with van der Waals surface area (Å²) < 4.78 is 0. The summed E-state index contributed by atoms with van der Waals surface area (Å²) in [5.41, 5.74) is 1.60. The van der Waals surface area contributed by atoms with Crippen LogP contribution in [0.5, 0.6) is 0 Å². The third-order valence-corrected chi connectivity index (χ3v) is 4.10. The molecule has 0 aliphatic rings. The van der Waals surface area contributed by atoms with Crippen molar-refractivity contribution < 1.29 is 9.90 Å². The van der Waals surface area contributed by atoms with Crippen LogP contribution in [-0.4, -0.2) is 24.7 Å². The Morgan fingerprint density at radius 2 is 2.16 bits per heavy atom. The number of carboxylic acid groups (broad SMARTS) is 1. The van der Waals surface area contributed by atoms with Crippen LogP contribution in [0.2, 0.25) is 0 Å². The van der Waals surface area contributed by atoms with Gasteiger partial charge < -0.3 is 10.0 Å². The maximum Gasteiger partial charge on any atom is 0.308 e. The van der Waals surface area contributed by atoms with Crippen molar-refractivity contribution in [2.45, 2.75) is 33.1 Å². The van der Waals surface area contributed by atoms with Crippen molar-refractivity contribution in [2.24, 2.45) is 5.92 Å². The number of carboxylic acids is 1. The normalized spacial score (nSPS) is 12.8. The molecule has 0 aliphatic heterocycles. The topological polar surface area (TPSA) is 64.3 Å². The minimum absolute atomic E-state index is 0.0843. The predicted octanol–water partition coefficient (Wildman–Crippen LogP) is 3.07. The van der Waals surface area contributed by atoms with Gasteiger partial charge in [0, 0.05) is 13.6 Å². The lowest BCUT2D eigenvalue weighted by molar-refractivity contribution is -0.140. The number of anilines is 1. The highest BCUT2D eigenvalue weighted by atomic mass is 32.1. The molecular weight excluding hydrogens is 260 g/mol. The van der Waals surface area contributed by atoms with Crippen molar-refractivity contribution in [2.75, 3.05) is 18.5 Å². The standard InChI is InChI=1S/C14H20N2O2S/c1-9(13(17)18)7-16(5)12-10(6-15)11(8-19-12)14(2,3)4/h8-9H,7H2,1-5H3,(H,17,18). The van der Waals surface area contributed by atoms with Gasteiger partial charge in [-0.1, -0.05) is 27.7 Å². The number of carbonyl (C=O) groups is 1. The van der Waals surface area contributed by atoms with Crippen molar-refractivity contribution in [3.8, 4) is 6.07 Å². The van der Waals surface area contributed by atoms with Crippen LogP contribution in [0.1, 0.15) is 38.8 Å². The first-order valence-electron chi connectivity index (χ1n) is 6.14. The summed E-state index contributed by atoms with van der Waals surface area (Å²) in [6, 6.07) is 2.26. The lowest BCUT2D eigenvalue weighted by atomic mass is 9.86. The molecule has 19 heavy (non-hydrogen) atoms. The second-order valence-corrected chi connectivity index (χ2v) is 6.67. The Morgan fingerprint density at radius 1 is 1.58 bits per heavy atom. The summed E-state index contributed by atoms with van der Waals surface area (Å²) in [7, 11) is 1.83. The van der Waals surface area contributed by atoms with Gasteiger partial charge in [0.1, 0.15) is 11.1 Å². The molecule has 1 rings (SSSR count). The summed E-state index contributed by atoms with van der Waals surface area (Å²) in [5.74, 6) is -1.28. The molecule has 104 valence electrons. The zero-order valence-electron chi connectivity index (χ0n) is 12.0. The van der Waals surface area contributed by atoms with Gasteiger partial charge in [-0.05, 0) is 16.4 Å². The molecule has 1 heterocycles. The van der Waals surface area contributed by atoms with E-state index in [1.54, 1.807) is 6.92 Å². The molecule has 1 atom stereocenters. The molecule has 0 aromatic carbocycles. The van der Waals surface area contributed by atoms with Gasteiger partial charge in [-0.25, -0.2) is 0 Å². The fourth-order valence-corrected chi connectivity index (χ4v) is 3.09. The molecule has 0 saturated carbocycles. The molecule has 1 aromatic rings. The van der Waals surface area contributed by atoms with Crippen LogP contribution in [0, 0.1) is 17.2 Å². The van der Waals surface area contributed by atoms with Gasteiger partial charge in [-0.15, -0.1) is 11.3 Å². The Kier molecular flexibility index (Phi) is 4.59. The van der Waals surface area contributed by atoms with Gasteiger partial charge in [-0.3, -0.25) is 4.79 Å². The Labute approximate surface area is 118 Å². The van der Waals surface area contributed by atoms with E-state index in [1.165, 1.54) is 11.3 Å². The molecule has 5 heteroatoms. The third-order valence-electron chi connectivity index (χ3n) is 3.01. The van der Waals surface area contributed by atoms with E-state index in [0.29, 0.717) is 12.1 Å². The largest absolute Gasteiger partial charge is 0.481 e. The van der Waals surface area contributed by atoms with Crippen molar-refractivity contribution in [1.82, 2.24) is 0 Å². The van der Waals surface area contributed by atoms with E-state index < -0.39 is 11.9 Å². The van der Waals surface area contributed by atoms with Crippen molar-refractivity contribution in [3.63, 3.8) is 0 Å².